The molecule has 0 aliphatic heterocycles. The number of carboxylic acid groups (broad SMARTS) is 1. The van der Waals surface area contributed by atoms with Gasteiger partial charge >= 0.3 is 5.97 Å². The van der Waals surface area contributed by atoms with E-state index in [1.807, 2.05) is 0 Å². The van der Waals surface area contributed by atoms with Crippen LogP contribution < -0.4 is 5.43 Å². The molecule has 106 valence electrons. The second-order valence-electron chi connectivity index (χ2n) is 3.93. The predicted molar refractivity (Wildman–Crippen MR) is 77.8 cm³/mol. The molecule has 0 saturated carbocycles. The van der Waals surface area contributed by atoms with Crippen LogP contribution in [0.5, 0.6) is 0 Å². The van der Waals surface area contributed by atoms with Gasteiger partial charge in [0.1, 0.15) is 16.7 Å². The molecular weight excluding hydrogens is 339 g/mol. The Kier molecular flexibility index (Phi) is 3.36. The second kappa shape index (κ2) is 5.06. The maximum Gasteiger partial charge on any atom is 0.360 e. The van der Waals surface area contributed by atoms with E-state index in [0.717, 1.165) is 17.8 Å². The van der Waals surface area contributed by atoms with E-state index in [-0.39, 0.29) is 5.02 Å². The van der Waals surface area contributed by atoms with Gasteiger partial charge < -0.3 is 5.11 Å². The lowest BCUT2D eigenvalue weighted by Crippen LogP contribution is -2.20. The molecule has 10 heteroatoms. The molecule has 0 spiro atoms. The Morgan fingerprint density at radius 2 is 1.95 bits per heavy atom. The molecule has 0 radical (unpaired) electrons. The van der Waals surface area contributed by atoms with Crippen molar-refractivity contribution in [3.05, 3.63) is 44.3 Å². The van der Waals surface area contributed by atoms with Crippen molar-refractivity contribution in [2.24, 2.45) is 0 Å². The molecule has 0 fully saturated rings. The van der Waals surface area contributed by atoms with Crippen LogP contribution in [0.4, 0.5) is 0 Å². The summed E-state index contributed by atoms with van der Waals surface area (Å²) in [5, 5.41) is 13.3. The number of hydrogen-bond donors (Lipinski definition) is 1. The van der Waals surface area contributed by atoms with Crippen molar-refractivity contribution in [1.29, 1.82) is 0 Å². The molecular formula is C11H4Cl2N4O3S. The molecule has 1 N–H and O–H groups in total. The lowest BCUT2D eigenvalue weighted by Gasteiger charge is -2.09. The number of halogens is 2. The molecule has 0 saturated heterocycles. The summed E-state index contributed by atoms with van der Waals surface area (Å²) < 4.78 is 9.30. The first-order chi connectivity index (χ1) is 9.99. The third-order valence-electron chi connectivity index (χ3n) is 2.66. The van der Waals surface area contributed by atoms with Crippen LogP contribution in [0.1, 0.15) is 10.5 Å². The van der Waals surface area contributed by atoms with Gasteiger partial charge in [0.25, 0.3) is 0 Å². The van der Waals surface area contributed by atoms with Crippen LogP contribution in [-0.4, -0.2) is 29.6 Å². The van der Waals surface area contributed by atoms with Crippen molar-refractivity contribution in [2.75, 3.05) is 0 Å². The van der Waals surface area contributed by atoms with Gasteiger partial charge in [0.15, 0.2) is 0 Å². The zero-order chi connectivity index (χ0) is 15.1. The van der Waals surface area contributed by atoms with Crippen molar-refractivity contribution in [1.82, 2.24) is 18.5 Å². The van der Waals surface area contributed by atoms with Gasteiger partial charge in [-0.3, -0.25) is 4.79 Å². The smallest absolute Gasteiger partial charge is 0.360 e. The van der Waals surface area contributed by atoms with Crippen molar-refractivity contribution in [2.45, 2.75) is 0 Å². The Morgan fingerprint density at radius 1 is 1.24 bits per heavy atom. The van der Waals surface area contributed by atoms with Crippen molar-refractivity contribution in [3.63, 3.8) is 0 Å². The fraction of sp³-hybridized carbons (Fsp3) is 0. The van der Waals surface area contributed by atoms with Crippen LogP contribution in [0.15, 0.2) is 23.1 Å². The summed E-state index contributed by atoms with van der Waals surface area (Å²) >= 11 is 13.1. The van der Waals surface area contributed by atoms with E-state index >= 15 is 0 Å². The first-order valence-corrected chi connectivity index (χ1v) is 6.91. The zero-order valence-electron chi connectivity index (χ0n) is 9.95. The summed E-state index contributed by atoms with van der Waals surface area (Å²) in [6.45, 7) is 0. The topological polar surface area (TPSA) is 98.0 Å². The Hall–Kier alpha value is -2.03. The number of hydrogen-bond acceptors (Lipinski definition) is 6. The van der Waals surface area contributed by atoms with E-state index in [9.17, 15) is 9.59 Å². The highest BCUT2D eigenvalue weighted by atomic mass is 35.5. The van der Waals surface area contributed by atoms with Crippen molar-refractivity contribution >= 4 is 51.9 Å². The Bertz CT molecular complexity index is 937. The minimum atomic E-state index is -1.42. The number of rotatable bonds is 2. The van der Waals surface area contributed by atoms with Crippen LogP contribution in [0.25, 0.3) is 16.7 Å². The summed E-state index contributed by atoms with van der Waals surface area (Å²) in [6, 6.07) is 2.55. The predicted octanol–water partition coefficient (Wildman–Crippen LogP) is 2.24. The number of carboxylic acids is 1. The molecule has 2 aromatic heterocycles. The fourth-order valence-corrected chi connectivity index (χ4v) is 2.95. The number of benzene rings is 1. The van der Waals surface area contributed by atoms with E-state index < -0.39 is 17.1 Å². The molecule has 3 aromatic rings. The first-order valence-electron chi connectivity index (χ1n) is 5.43. The summed E-state index contributed by atoms with van der Waals surface area (Å²) in [7, 11) is 0. The van der Waals surface area contributed by atoms with Gasteiger partial charge in [-0.15, -0.1) is 0 Å². The Morgan fingerprint density at radius 3 is 2.67 bits per heavy atom. The zero-order valence-corrected chi connectivity index (χ0v) is 12.3. The standard InChI is InChI=1S/C11H4Cl2N4O3S/c12-4-3-5(13)10(9-7(4)15-21-16-9)17-2-1-6(18)8(14-17)11(19)20/h1-3H,(H,19,20). The van der Waals surface area contributed by atoms with E-state index in [1.165, 1.54) is 16.9 Å². The molecule has 1 aromatic carbocycles. The van der Waals surface area contributed by atoms with E-state index in [4.69, 9.17) is 28.3 Å². The normalized spacial score (nSPS) is 11.0. The monoisotopic (exact) mass is 342 g/mol. The molecule has 0 unspecified atom stereocenters. The lowest BCUT2D eigenvalue weighted by molar-refractivity contribution is 0.0687. The molecule has 0 bridgehead atoms. The number of carbonyl (C=O) groups is 1. The van der Waals surface area contributed by atoms with E-state index in [2.05, 4.69) is 13.8 Å². The largest absolute Gasteiger partial charge is 0.476 e. The van der Waals surface area contributed by atoms with E-state index in [1.54, 1.807) is 0 Å². The summed E-state index contributed by atoms with van der Waals surface area (Å²) in [4.78, 5) is 22.5. The highest BCUT2D eigenvalue weighted by Gasteiger charge is 2.18. The molecule has 21 heavy (non-hydrogen) atoms. The maximum atomic E-state index is 11.5. The van der Waals surface area contributed by atoms with Crippen LogP contribution >= 0.6 is 34.9 Å². The van der Waals surface area contributed by atoms with Crippen LogP contribution in [0.3, 0.4) is 0 Å². The highest BCUT2D eigenvalue weighted by Crippen LogP contribution is 2.33. The number of nitrogens with zero attached hydrogens (tertiary/aromatic N) is 4. The fourth-order valence-electron chi connectivity index (χ4n) is 1.76. The maximum absolute atomic E-state index is 11.5. The summed E-state index contributed by atoms with van der Waals surface area (Å²) in [6.07, 6.45) is 1.31. The van der Waals surface area contributed by atoms with Crippen molar-refractivity contribution < 1.29 is 9.90 Å². The van der Waals surface area contributed by atoms with Gasteiger partial charge in [-0.05, 0) is 6.07 Å². The highest BCUT2D eigenvalue weighted by molar-refractivity contribution is 7.00. The molecule has 0 aliphatic carbocycles. The minimum Gasteiger partial charge on any atom is -0.476 e. The van der Waals surface area contributed by atoms with Crippen molar-refractivity contribution in [3.8, 4) is 5.69 Å². The van der Waals surface area contributed by atoms with Gasteiger partial charge in [0.2, 0.25) is 11.1 Å². The first kappa shape index (κ1) is 13.9. The molecule has 0 atom stereocenters. The molecule has 2 heterocycles. The van der Waals surface area contributed by atoms with Gasteiger partial charge in [-0.1, -0.05) is 23.2 Å². The summed E-state index contributed by atoms with van der Waals surface area (Å²) in [5.74, 6) is -1.42. The van der Waals surface area contributed by atoms with Gasteiger partial charge in [0, 0.05) is 12.3 Å². The number of aromatic carboxylic acids is 1. The Balaban J connectivity index is 2.36. The Labute approximate surface area is 130 Å². The number of aromatic nitrogens is 4. The minimum absolute atomic E-state index is 0.215. The number of fused-ring (bicyclic) bond motifs is 1. The van der Waals surface area contributed by atoms with Crippen LogP contribution in [0.2, 0.25) is 10.0 Å². The third kappa shape index (κ3) is 2.27. The average molecular weight is 343 g/mol. The molecule has 3 rings (SSSR count). The molecule has 7 nitrogen and oxygen atoms in total. The lowest BCUT2D eigenvalue weighted by atomic mass is 10.2. The van der Waals surface area contributed by atoms with Crippen LogP contribution in [0, 0.1) is 0 Å². The van der Waals surface area contributed by atoms with Gasteiger partial charge in [-0.25, -0.2) is 9.48 Å². The molecule has 0 aliphatic rings. The third-order valence-corrected chi connectivity index (χ3v) is 3.76. The van der Waals surface area contributed by atoms with Gasteiger partial charge in [-0.2, -0.15) is 13.8 Å². The van der Waals surface area contributed by atoms with Crippen LogP contribution in [-0.2, 0) is 0 Å². The summed E-state index contributed by atoms with van der Waals surface area (Å²) in [5.41, 5.74) is -0.188. The quantitative estimate of drug-likeness (QED) is 0.766. The van der Waals surface area contributed by atoms with Gasteiger partial charge in [0.05, 0.1) is 21.8 Å². The average Bonchev–Trinajstić information content (AvgIpc) is 2.89. The van der Waals surface area contributed by atoms with E-state index in [0.29, 0.717) is 21.7 Å². The second-order valence-corrected chi connectivity index (χ2v) is 5.27. The SMILES string of the molecule is O=C(O)c1nn(-c2c(Cl)cc(Cl)c3nsnc23)ccc1=O. The molecule has 0 amide bonds.